The van der Waals surface area contributed by atoms with Gasteiger partial charge in [0, 0.05) is 5.41 Å². The van der Waals surface area contributed by atoms with Crippen molar-refractivity contribution in [2.45, 2.75) is 32.1 Å². The third kappa shape index (κ3) is 2.93. The van der Waals surface area contributed by atoms with Crippen LogP contribution in [0.3, 0.4) is 0 Å². The average molecular weight is 286 g/mol. The molecule has 4 nitrogen and oxygen atoms in total. The summed E-state index contributed by atoms with van der Waals surface area (Å²) >= 11 is 0. The topological polar surface area (TPSA) is 62.1 Å². The van der Waals surface area contributed by atoms with Crippen LogP contribution >= 0.6 is 0 Å². The van der Waals surface area contributed by atoms with Gasteiger partial charge in [0.1, 0.15) is 0 Å². The van der Waals surface area contributed by atoms with Gasteiger partial charge in [0.05, 0.1) is 12.7 Å². The van der Waals surface area contributed by atoms with E-state index in [1.54, 1.807) is 6.92 Å². The predicted molar refractivity (Wildman–Crippen MR) is 80.7 cm³/mol. The molecule has 1 aromatic rings. The van der Waals surface area contributed by atoms with E-state index in [1.165, 1.54) is 0 Å². The van der Waals surface area contributed by atoms with E-state index in [2.05, 4.69) is 11.4 Å². The Balaban J connectivity index is 2.49. The number of rotatable bonds is 4. The minimum absolute atomic E-state index is 0.305. The minimum Gasteiger partial charge on any atom is -0.465 e. The van der Waals surface area contributed by atoms with Crippen LogP contribution in [-0.2, 0) is 14.9 Å². The van der Waals surface area contributed by atoms with Gasteiger partial charge in [0.15, 0.2) is 5.92 Å². The highest BCUT2D eigenvalue weighted by molar-refractivity contribution is 5.78. The molecule has 2 rings (SSSR count). The van der Waals surface area contributed by atoms with E-state index in [9.17, 15) is 10.1 Å². The number of nitriles is 1. The van der Waals surface area contributed by atoms with Gasteiger partial charge in [-0.2, -0.15) is 5.26 Å². The normalized spacial score (nSPS) is 18.5. The van der Waals surface area contributed by atoms with E-state index < -0.39 is 17.3 Å². The maximum atomic E-state index is 12.3. The molecule has 1 fully saturated rings. The van der Waals surface area contributed by atoms with Crippen LogP contribution in [0.5, 0.6) is 0 Å². The molecule has 0 saturated carbocycles. The lowest BCUT2D eigenvalue weighted by Crippen LogP contribution is -2.48. The zero-order valence-electron chi connectivity index (χ0n) is 12.7. The van der Waals surface area contributed by atoms with Crippen LogP contribution in [-0.4, -0.2) is 25.7 Å². The van der Waals surface area contributed by atoms with Crippen molar-refractivity contribution in [2.75, 3.05) is 19.7 Å². The predicted octanol–water partition coefficient (Wildman–Crippen LogP) is 2.32. The number of hydrogen-bond acceptors (Lipinski definition) is 4. The van der Waals surface area contributed by atoms with E-state index in [1.807, 2.05) is 31.2 Å². The fourth-order valence-electron chi connectivity index (χ4n) is 3.35. The third-order valence-corrected chi connectivity index (χ3v) is 4.38. The van der Waals surface area contributed by atoms with Crippen LogP contribution in [0.25, 0.3) is 0 Å². The number of benzene rings is 1. The van der Waals surface area contributed by atoms with E-state index in [0.29, 0.717) is 6.61 Å². The number of piperidine rings is 1. The van der Waals surface area contributed by atoms with Gasteiger partial charge in [-0.25, -0.2) is 0 Å². The number of esters is 1. The average Bonchev–Trinajstić information content (AvgIpc) is 2.49. The summed E-state index contributed by atoms with van der Waals surface area (Å²) in [5, 5.41) is 12.9. The van der Waals surface area contributed by atoms with Crippen molar-refractivity contribution in [1.29, 1.82) is 5.26 Å². The molecule has 112 valence electrons. The highest BCUT2D eigenvalue weighted by Gasteiger charge is 2.46. The number of ether oxygens (including phenoxy) is 1. The number of carbonyl (C=O) groups excluding carboxylic acids is 1. The van der Waals surface area contributed by atoms with Gasteiger partial charge in [-0.3, -0.25) is 4.79 Å². The summed E-state index contributed by atoms with van der Waals surface area (Å²) in [4.78, 5) is 12.3. The Hall–Kier alpha value is -1.86. The molecule has 1 aromatic carbocycles. The number of hydrogen-bond donors (Lipinski definition) is 1. The van der Waals surface area contributed by atoms with Crippen LogP contribution < -0.4 is 5.32 Å². The van der Waals surface area contributed by atoms with Crippen molar-refractivity contribution >= 4 is 5.97 Å². The van der Waals surface area contributed by atoms with Crippen LogP contribution in [0.15, 0.2) is 24.3 Å². The first-order valence-electron chi connectivity index (χ1n) is 7.49. The summed E-state index contributed by atoms with van der Waals surface area (Å²) in [5.74, 6) is -1.15. The zero-order valence-corrected chi connectivity index (χ0v) is 12.7. The molecule has 1 unspecified atom stereocenters. The molecule has 0 radical (unpaired) electrons. The van der Waals surface area contributed by atoms with Crippen molar-refractivity contribution < 1.29 is 9.53 Å². The largest absolute Gasteiger partial charge is 0.465 e. The molecule has 0 spiro atoms. The van der Waals surface area contributed by atoms with Gasteiger partial charge in [-0.1, -0.05) is 24.3 Å². The van der Waals surface area contributed by atoms with Gasteiger partial charge in [-0.15, -0.1) is 0 Å². The lowest BCUT2D eigenvalue weighted by molar-refractivity contribution is -0.148. The molecule has 21 heavy (non-hydrogen) atoms. The number of nitrogens with zero attached hydrogens (tertiary/aromatic N) is 1. The third-order valence-electron chi connectivity index (χ3n) is 4.38. The monoisotopic (exact) mass is 286 g/mol. The molecular weight excluding hydrogens is 264 g/mol. The summed E-state index contributed by atoms with van der Waals surface area (Å²) in [6.07, 6.45) is 1.55. The Morgan fingerprint density at radius 2 is 2.10 bits per heavy atom. The van der Waals surface area contributed by atoms with Crippen LogP contribution in [0, 0.1) is 24.2 Å². The molecule has 1 aliphatic heterocycles. The Bertz CT molecular complexity index is 542. The first kappa shape index (κ1) is 15.5. The Morgan fingerprint density at radius 1 is 1.43 bits per heavy atom. The molecule has 0 bridgehead atoms. The van der Waals surface area contributed by atoms with E-state index in [-0.39, 0.29) is 0 Å². The maximum absolute atomic E-state index is 12.3. The summed E-state index contributed by atoms with van der Waals surface area (Å²) in [7, 11) is 0. The Labute approximate surface area is 126 Å². The lowest BCUT2D eigenvalue weighted by Gasteiger charge is -2.41. The van der Waals surface area contributed by atoms with Gasteiger partial charge < -0.3 is 10.1 Å². The summed E-state index contributed by atoms with van der Waals surface area (Å²) in [6.45, 7) is 5.74. The van der Waals surface area contributed by atoms with Crippen molar-refractivity contribution in [3.05, 3.63) is 35.4 Å². The van der Waals surface area contributed by atoms with Crippen molar-refractivity contribution in [3.63, 3.8) is 0 Å². The molecule has 1 N–H and O–H groups in total. The van der Waals surface area contributed by atoms with Crippen LogP contribution in [0.1, 0.15) is 30.9 Å². The van der Waals surface area contributed by atoms with Crippen LogP contribution in [0.2, 0.25) is 0 Å². The molecule has 0 aromatic heterocycles. The smallest absolute Gasteiger partial charge is 0.324 e. The highest BCUT2D eigenvalue weighted by atomic mass is 16.5. The first-order chi connectivity index (χ1) is 10.2. The minimum atomic E-state index is -0.749. The fraction of sp³-hybridized carbons (Fsp3) is 0.529. The molecule has 1 heterocycles. The lowest BCUT2D eigenvalue weighted by atomic mass is 9.64. The standard InChI is InChI=1S/C17H22N2O2/c1-3-21-16(20)15(12-18)17(8-10-19-11-9-17)14-7-5-4-6-13(14)2/h4-7,15,19H,3,8-11H2,1-2H3. The molecule has 1 atom stereocenters. The van der Waals surface area contributed by atoms with Crippen LogP contribution in [0.4, 0.5) is 0 Å². The Kier molecular flexibility index (Phi) is 4.98. The van der Waals surface area contributed by atoms with Crippen molar-refractivity contribution in [3.8, 4) is 6.07 Å². The van der Waals surface area contributed by atoms with Gasteiger partial charge in [0.25, 0.3) is 0 Å². The molecule has 1 aliphatic rings. The second-order valence-corrected chi connectivity index (χ2v) is 5.54. The van der Waals surface area contributed by atoms with E-state index in [4.69, 9.17) is 4.74 Å². The van der Waals surface area contributed by atoms with E-state index >= 15 is 0 Å². The van der Waals surface area contributed by atoms with Gasteiger partial charge in [-0.05, 0) is 50.9 Å². The first-order valence-corrected chi connectivity index (χ1v) is 7.49. The quantitative estimate of drug-likeness (QED) is 0.863. The second-order valence-electron chi connectivity index (χ2n) is 5.54. The zero-order chi connectivity index (χ0) is 15.3. The number of carbonyl (C=O) groups is 1. The molecule has 1 saturated heterocycles. The fourth-order valence-corrected chi connectivity index (χ4v) is 3.35. The number of aryl methyl sites for hydroxylation is 1. The van der Waals surface area contributed by atoms with Crippen molar-refractivity contribution in [1.82, 2.24) is 5.32 Å². The molecular formula is C17H22N2O2. The summed E-state index contributed by atoms with van der Waals surface area (Å²) in [6, 6.07) is 10.3. The molecule has 0 aliphatic carbocycles. The highest BCUT2D eigenvalue weighted by Crippen LogP contribution is 2.42. The summed E-state index contributed by atoms with van der Waals surface area (Å²) < 4.78 is 5.15. The van der Waals surface area contributed by atoms with E-state index in [0.717, 1.165) is 37.1 Å². The SMILES string of the molecule is CCOC(=O)C(C#N)C1(c2ccccc2C)CCNCC1. The maximum Gasteiger partial charge on any atom is 0.324 e. The summed E-state index contributed by atoms with van der Waals surface area (Å²) in [5.41, 5.74) is 1.78. The van der Waals surface area contributed by atoms with Crippen molar-refractivity contribution in [2.24, 2.45) is 5.92 Å². The molecule has 0 amide bonds. The van der Waals surface area contributed by atoms with Gasteiger partial charge in [0.2, 0.25) is 0 Å². The van der Waals surface area contributed by atoms with Gasteiger partial charge >= 0.3 is 5.97 Å². The second kappa shape index (κ2) is 6.73. The number of nitrogens with one attached hydrogen (secondary N) is 1. The Morgan fingerprint density at radius 3 is 2.67 bits per heavy atom. The molecule has 4 heteroatoms.